The molecule has 0 unspecified atom stereocenters. The fraction of sp³-hybridized carbons (Fsp3) is 0.167. The van der Waals surface area contributed by atoms with Crippen molar-refractivity contribution in [2.75, 3.05) is 7.11 Å². The second-order valence-electron chi connectivity index (χ2n) is 3.46. The van der Waals surface area contributed by atoms with E-state index in [9.17, 15) is 9.59 Å². The first-order valence-corrected chi connectivity index (χ1v) is 4.88. The van der Waals surface area contributed by atoms with Gasteiger partial charge in [0, 0.05) is 17.0 Å². The zero-order chi connectivity index (χ0) is 11.5. The van der Waals surface area contributed by atoms with E-state index in [0.29, 0.717) is 5.56 Å². The molecule has 4 heteroatoms. The molecule has 0 aliphatic heterocycles. The van der Waals surface area contributed by atoms with Gasteiger partial charge in [-0.3, -0.25) is 9.59 Å². The maximum atomic E-state index is 11.4. The summed E-state index contributed by atoms with van der Waals surface area (Å²) in [4.78, 5) is 25.3. The van der Waals surface area contributed by atoms with Crippen LogP contribution in [0.5, 0.6) is 0 Å². The molecule has 0 spiro atoms. The number of hydrogen-bond donors (Lipinski definition) is 1. The lowest BCUT2D eigenvalue weighted by Crippen LogP contribution is -2.11. The summed E-state index contributed by atoms with van der Waals surface area (Å²) >= 11 is 0. The van der Waals surface area contributed by atoms with E-state index in [1.54, 1.807) is 6.07 Å². The van der Waals surface area contributed by atoms with E-state index in [1.807, 2.05) is 18.2 Å². The minimum Gasteiger partial charge on any atom is -0.469 e. The molecule has 1 N–H and O–H groups in total. The fourth-order valence-electron chi connectivity index (χ4n) is 1.65. The van der Waals surface area contributed by atoms with Gasteiger partial charge >= 0.3 is 5.97 Å². The van der Waals surface area contributed by atoms with Crippen molar-refractivity contribution in [1.29, 1.82) is 0 Å². The number of ether oxygens (including phenoxy) is 1. The van der Waals surface area contributed by atoms with Crippen LogP contribution >= 0.6 is 0 Å². The third-order valence-electron chi connectivity index (χ3n) is 2.40. The minimum absolute atomic E-state index is 0.112. The average Bonchev–Trinajstić information content (AvgIpc) is 2.28. The third kappa shape index (κ3) is 1.95. The standard InChI is InChI=1S/C12H11NO3/c1-16-12(15)7-8-6-11(14)13-10-5-3-2-4-9(8)10/h2-6H,7H2,1H3,(H,13,14). The van der Waals surface area contributed by atoms with Crippen molar-refractivity contribution in [3.8, 4) is 0 Å². The quantitative estimate of drug-likeness (QED) is 0.770. The molecule has 0 atom stereocenters. The van der Waals surface area contributed by atoms with E-state index in [-0.39, 0.29) is 17.9 Å². The van der Waals surface area contributed by atoms with Gasteiger partial charge in [-0.1, -0.05) is 18.2 Å². The first-order valence-electron chi connectivity index (χ1n) is 4.88. The molecule has 0 amide bonds. The van der Waals surface area contributed by atoms with Gasteiger partial charge in [0.25, 0.3) is 0 Å². The minimum atomic E-state index is -0.351. The Labute approximate surface area is 91.9 Å². The number of fused-ring (bicyclic) bond motifs is 1. The summed E-state index contributed by atoms with van der Waals surface area (Å²) in [7, 11) is 1.33. The number of para-hydroxylation sites is 1. The van der Waals surface area contributed by atoms with Crippen molar-refractivity contribution >= 4 is 16.9 Å². The van der Waals surface area contributed by atoms with Crippen molar-refractivity contribution in [3.63, 3.8) is 0 Å². The highest BCUT2D eigenvalue weighted by molar-refractivity contribution is 5.86. The molecule has 0 radical (unpaired) electrons. The van der Waals surface area contributed by atoms with Gasteiger partial charge in [0.05, 0.1) is 13.5 Å². The van der Waals surface area contributed by atoms with Crippen molar-refractivity contribution in [2.45, 2.75) is 6.42 Å². The van der Waals surface area contributed by atoms with Gasteiger partial charge < -0.3 is 9.72 Å². The van der Waals surface area contributed by atoms with E-state index in [2.05, 4.69) is 9.72 Å². The molecule has 1 aromatic carbocycles. The van der Waals surface area contributed by atoms with Crippen LogP contribution in [0.4, 0.5) is 0 Å². The molecular weight excluding hydrogens is 206 g/mol. The maximum Gasteiger partial charge on any atom is 0.310 e. The Balaban J connectivity index is 2.59. The first kappa shape index (κ1) is 10.4. The zero-order valence-corrected chi connectivity index (χ0v) is 8.82. The summed E-state index contributed by atoms with van der Waals surface area (Å²) in [6.45, 7) is 0. The Kier molecular flexibility index (Phi) is 2.72. The smallest absolute Gasteiger partial charge is 0.310 e. The highest BCUT2D eigenvalue weighted by Crippen LogP contribution is 2.15. The number of hydrogen-bond acceptors (Lipinski definition) is 3. The average molecular weight is 217 g/mol. The molecule has 16 heavy (non-hydrogen) atoms. The Morgan fingerprint density at radius 3 is 2.88 bits per heavy atom. The van der Waals surface area contributed by atoms with Crippen LogP contribution in [0.25, 0.3) is 10.9 Å². The predicted octanol–water partition coefficient (Wildman–Crippen LogP) is 1.24. The Morgan fingerprint density at radius 1 is 1.38 bits per heavy atom. The molecule has 82 valence electrons. The number of pyridine rings is 1. The summed E-state index contributed by atoms with van der Waals surface area (Å²) in [5.74, 6) is -0.351. The number of benzene rings is 1. The summed E-state index contributed by atoms with van der Waals surface area (Å²) in [5, 5.41) is 0.868. The van der Waals surface area contributed by atoms with Gasteiger partial charge in [-0.15, -0.1) is 0 Å². The van der Waals surface area contributed by atoms with Crippen LogP contribution in [0.1, 0.15) is 5.56 Å². The second kappa shape index (κ2) is 4.18. The summed E-state index contributed by atoms with van der Waals surface area (Å²) in [6, 6.07) is 8.79. The van der Waals surface area contributed by atoms with Gasteiger partial charge in [-0.05, 0) is 11.6 Å². The number of carbonyl (C=O) groups is 1. The molecule has 0 aliphatic rings. The van der Waals surface area contributed by atoms with Crippen LogP contribution in [0.3, 0.4) is 0 Å². The molecule has 0 aliphatic carbocycles. The van der Waals surface area contributed by atoms with Crippen LogP contribution in [-0.4, -0.2) is 18.1 Å². The van der Waals surface area contributed by atoms with Gasteiger partial charge in [-0.25, -0.2) is 0 Å². The van der Waals surface area contributed by atoms with E-state index < -0.39 is 0 Å². The van der Waals surface area contributed by atoms with E-state index in [0.717, 1.165) is 10.9 Å². The molecule has 0 saturated carbocycles. The third-order valence-corrected chi connectivity index (χ3v) is 2.40. The zero-order valence-electron chi connectivity index (χ0n) is 8.82. The first-order chi connectivity index (χ1) is 7.70. The van der Waals surface area contributed by atoms with Gasteiger partial charge in [-0.2, -0.15) is 0 Å². The number of carbonyl (C=O) groups excluding carboxylic acids is 1. The highest BCUT2D eigenvalue weighted by atomic mass is 16.5. The molecule has 0 bridgehead atoms. The van der Waals surface area contributed by atoms with Crippen molar-refractivity contribution < 1.29 is 9.53 Å². The highest BCUT2D eigenvalue weighted by Gasteiger charge is 2.07. The SMILES string of the molecule is COC(=O)Cc1cc(=O)[nH]c2ccccc12. The molecule has 2 rings (SSSR count). The molecule has 1 aromatic heterocycles. The fourth-order valence-corrected chi connectivity index (χ4v) is 1.65. The number of nitrogens with one attached hydrogen (secondary N) is 1. The normalized spacial score (nSPS) is 10.3. The number of esters is 1. The van der Waals surface area contributed by atoms with Crippen LogP contribution < -0.4 is 5.56 Å². The number of aromatic amines is 1. The maximum absolute atomic E-state index is 11.4. The van der Waals surface area contributed by atoms with Crippen LogP contribution in [0.2, 0.25) is 0 Å². The predicted molar refractivity (Wildman–Crippen MR) is 60.3 cm³/mol. The van der Waals surface area contributed by atoms with Crippen molar-refractivity contribution in [1.82, 2.24) is 4.98 Å². The number of methoxy groups -OCH3 is 1. The van der Waals surface area contributed by atoms with Crippen LogP contribution in [0, 0.1) is 0 Å². The van der Waals surface area contributed by atoms with Gasteiger partial charge in [0.15, 0.2) is 0 Å². The molecule has 1 heterocycles. The largest absolute Gasteiger partial charge is 0.469 e. The Morgan fingerprint density at radius 2 is 2.12 bits per heavy atom. The van der Waals surface area contributed by atoms with E-state index >= 15 is 0 Å². The van der Waals surface area contributed by atoms with Crippen LogP contribution in [0.15, 0.2) is 35.1 Å². The molecule has 0 saturated heterocycles. The molecule has 4 nitrogen and oxygen atoms in total. The van der Waals surface area contributed by atoms with Crippen molar-refractivity contribution in [2.24, 2.45) is 0 Å². The monoisotopic (exact) mass is 217 g/mol. The van der Waals surface area contributed by atoms with Crippen molar-refractivity contribution in [3.05, 3.63) is 46.2 Å². The number of aromatic nitrogens is 1. The lowest BCUT2D eigenvalue weighted by Gasteiger charge is -2.04. The Bertz CT molecular complexity index is 586. The van der Waals surface area contributed by atoms with E-state index in [1.165, 1.54) is 13.2 Å². The molecule has 0 fully saturated rings. The van der Waals surface area contributed by atoms with Gasteiger partial charge in [0.2, 0.25) is 5.56 Å². The molecule has 2 aromatic rings. The van der Waals surface area contributed by atoms with Crippen LogP contribution in [-0.2, 0) is 16.0 Å². The second-order valence-corrected chi connectivity index (χ2v) is 3.46. The Hall–Kier alpha value is -2.10. The topological polar surface area (TPSA) is 59.2 Å². The van der Waals surface area contributed by atoms with E-state index in [4.69, 9.17) is 0 Å². The lowest BCUT2D eigenvalue weighted by atomic mass is 10.1. The number of H-pyrrole nitrogens is 1. The summed E-state index contributed by atoms with van der Waals surface area (Å²) < 4.78 is 4.59. The number of rotatable bonds is 2. The lowest BCUT2D eigenvalue weighted by molar-refractivity contribution is -0.139. The summed E-state index contributed by atoms with van der Waals surface area (Å²) in [6.07, 6.45) is 0.112. The van der Waals surface area contributed by atoms with Gasteiger partial charge in [0.1, 0.15) is 0 Å². The molecular formula is C12H11NO3. The summed E-state index contributed by atoms with van der Waals surface area (Å²) in [5.41, 5.74) is 1.21.